The van der Waals surface area contributed by atoms with Crippen LogP contribution in [0.4, 0.5) is 4.79 Å². The fourth-order valence-corrected chi connectivity index (χ4v) is 3.37. The molecule has 2 heterocycles. The number of amides is 2. The topological polar surface area (TPSA) is 50.4 Å². The second kappa shape index (κ2) is 5.96. The van der Waals surface area contributed by atoms with Gasteiger partial charge in [0.2, 0.25) is 0 Å². The van der Waals surface area contributed by atoms with E-state index in [1.54, 1.807) is 11.8 Å². The highest BCUT2D eigenvalue weighted by molar-refractivity contribution is 7.98. The molecule has 5 heteroatoms. The third kappa shape index (κ3) is 3.28. The molecule has 4 nitrogen and oxygen atoms in total. The van der Waals surface area contributed by atoms with E-state index in [4.69, 9.17) is 4.74 Å². The van der Waals surface area contributed by atoms with Crippen LogP contribution in [0.1, 0.15) is 32.6 Å². The van der Waals surface area contributed by atoms with Crippen molar-refractivity contribution in [1.82, 2.24) is 10.6 Å². The van der Waals surface area contributed by atoms with Crippen molar-refractivity contribution in [3.05, 3.63) is 0 Å². The fraction of sp³-hybridized carbons (Fsp3) is 0.917. The van der Waals surface area contributed by atoms with Gasteiger partial charge >= 0.3 is 6.03 Å². The van der Waals surface area contributed by atoms with Gasteiger partial charge in [-0.25, -0.2) is 4.79 Å². The molecule has 0 saturated carbocycles. The first kappa shape index (κ1) is 13.0. The molecule has 2 amide bonds. The largest absolute Gasteiger partial charge is 0.373 e. The van der Waals surface area contributed by atoms with Gasteiger partial charge in [0.25, 0.3) is 0 Å². The van der Waals surface area contributed by atoms with Crippen LogP contribution in [-0.4, -0.2) is 42.3 Å². The summed E-state index contributed by atoms with van der Waals surface area (Å²) in [5, 5.41) is 6.08. The lowest BCUT2D eigenvalue weighted by Crippen LogP contribution is -2.49. The summed E-state index contributed by atoms with van der Waals surface area (Å²) in [6, 6.07) is 0.456. The van der Waals surface area contributed by atoms with Crippen LogP contribution in [0.3, 0.4) is 0 Å². The van der Waals surface area contributed by atoms with Crippen molar-refractivity contribution in [1.29, 1.82) is 0 Å². The quantitative estimate of drug-likeness (QED) is 0.790. The van der Waals surface area contributed by atoms with E-state index >= 15 is 0 Å². The molecule has 17 heavy (non-hydrogen) atoms. The minimum absolute atomic E-state index is 0.0351. The SMILES string of the molecule is CCC(CSC)NC(=O)NC1CC2CCC1O2. The van der Waals surface area contributed by atoms with Gasteiger partial charge in [-0.05, 0) is 31.9 Å². The van der Waals surface area contributed by atoms with Gasteiger partial charge in [-0.2, -0.15) is 11.8 Å². The predicted octanol–water partition coefficient (Wildman–Crippen LogP) is 1.75. The van der Waals surface area contributed by atoms with E-state index in [1.807, 2.05) is 0 Å². The molecule has 2 aliphatic heterocycles. The van der Waals surface area contributed by atoms with E-state index in [2.05, 4.69) is 23.8 Å². The highest BCUT2D eigenvalue weighted by Crippen LogP contribution is 2.34. The van der Waals surface area contributed by atoms with E-state index in [0.717, 1.165) is 31.4 Å². The summed E-state index contributed by atoms with van der Waals surface area (Å²) in [5.41, 5.74) is 0. The van der Waals surface area contributed by atoms with Crippen molar-refractivity contribution in [2.24, 2.45) is 0 Å². The van der Waals surface area contributed by atoms with Gasteiger partial charge in [-0.1, -0.05) is 6.92 Å². The first-order chi connectivity index (χ1) is 8.22. The maximum atomic E-state index is 11.8. The monoisotopic (exact) mass is 258 g/mol. The molecule has 4 atom stereocenters. The zero-order chi connectivity index (χ0) is 12.3. The van der Waals surface area contributed by atoms with Crippen LogP contribution in [0.2, 0.25) is 0 Å². The Balaban J connectivity index is 1.73. The van der Waals surface area contributed by atoms with Gasteiger partial charge in [0, 0.05) is 11.8 Å². The van der Waals surface area contributed by atoms with Crippen molar-refractivity contribution < 1.29 is 9.53 Å². The van der Waals surface area contributed by atoms with Crippen molar-refractivity contribution in [2.45, 2.75) is 56.9 Å². The second-order valence-electron chi connectivity index (χ2n) is 4.89. The highest BCUT2D eigenvalue weighted by atomic mass is 32.2. The zero-order valence-electron chi connectivity index (χ0n) is 10.6. The minimum Gasteiger partial charge on any atom is -0.373 e. The minimum atomic E-state index is -0.0351. The summed E-state index contributed by atoms with van der Waals surface area (Å²) in [6.45, 7) is 2.10. The molecule has 0 aromatic carbocycles. The average molecular weight is 258 g/mol. The molecule has 2 aliphatic rings. The number of hydrogen-bond acceptors (Lipinski definition) is 3. The summed E-state index contributed by atoms with van der Waals surface area (Å²) in [5.74, 6) is 0.969. The molecule has 0 aromatic rings. The molecule has 2 N–H and O–H groups in total. The van der Waals surface area contributed by atoms with Gasteiger partial charge < -0.3 is 15.4 Å². The number of thioether (sulfide) groups is 1. The van der Waals surface area contributed by atoms with Gasteiger partial charge in [-0.3, -0.25) is 0 Å². The van der Waals surface area contributed by atoms with Crippen LogP contribution < -0.4 is 10.6 Å². The van der Waals surface area contributed by atoms with Crippen LogP contribution in [0.15, 0.2) is 0 Å². The summed E-state index contributed by atoms with van der Waals surface area (Å²) < 4.78 is 5.72. The molecule has 2 fully saturated rings. The van der Waals surface area contributed by atoms with Crippen LogP contribution in [-0.2, 0) is 4.74 Å². The fourth-order valence-electron chi connectivity index (χ4n) is 2.65. The number of fused-ring (bicyclic) bond motifs is 2. The van der Waals surface area contributed by atoms with Crippen molar-refractivity contribution in [3.8, 4) is 0 Å². The molecule has 2 rings (SSSR count). The zero-order valence-corrected chi connectivity index (χ0v) is 11.4. The third-order valence-corrected chi connectivity index (χ3v) is 4.35. The molecule has 2 saturated heterocycles. The number of carbonyl (C=O) groups excluding carboxylic acids is 1. The lowest BCUT2D eigenvalue weighted by atomic mass is 9.96. The molecule has 0 spiro atoms. The number of hydrogen-bond donors (Lipinski definition) is 2. The summed E-state index contributed by atoms with van der Waals surface area (Å²) in [6.07, 6.45) is 6.92. The van der Waals surface area contributed by atoms with Crippen molar-refractivity contribution in [3.63, 3.8) is 0 Å². The maximum absolute atomic E-state index is 11.8. The number of carbonyl (C=O) groups is 1. The second-order valence-corrected chi connectivity index (χ2v) is 5.81. The average Bonchev–Trinajstić information content (AvgIpc) is 2.90. The van der Waals surface area contributed by atoms with E-state index < -0.39 is 0 Å². The summed E-state index contributed by atoms with van der Waals surface area (Å²) in [4.78, 5) is 11.8. The Morgan fingerprint density at radius 2 is 2.35 bits per heavy atom. The Hall–Kier alpha value is -0.420. The van der Waals surface area contributed by atoms with Crippen molar-refractivity contribution >= 4 is 17.8 Å². The molecule has 2 bridgehead atoms. The maximum Gasteiger partial charge on any atom is 0.315 e. The van der Waals surface area contributed by atoms with Crippen LogP contribution in [0, 0.1) is 0 Å². The number of rotatable bonds is 5. The van der Waals surface area contributed by atoms with E-state index in [-0.39, 0.29) is 24.2 Å². The van der Waals surface area contributed by atoms with Crippen molar-refractivity contribution in [2.75, 3.05) is 12.0 Å². The molecular weight excluding hydrogens is 236 g/mol. The molecular formula is C12H22N2O2S. The smallest absolute Gasteiger partial charge is 0.315 e. The molecule has 98 valence electrons. The van der Waals surface area contributed by atoms with Crippen LogP contribution in [0.25, 0.3) is 0 Å². The molecule has 0 aromatic heterocycles. The highest BCUT2D eigenvalue weighted by Gasteiger charge is 2.41. The standard InChI is InChI=1S/C12H22N2O2S/c1-3-8(7-17-2)13-12(15)14-10-6-9-4-5-11(10)16-9/h8-11H,3-7H2,1-2H3,(H2,13,14,15). The van der Waals surface area contributed by atoms with E-state index in [0.29, 0.717) is 6.10 Å². The van der Waals surface area contributed by atoms with E-state index in [9.17, 15) is 4.79 Å². The Kier molecular flexibility index (Phi) is 4.56. The van der Waals surface area contributed by atoms with Gasteiger partial charge in [-0.15, -0.1) is 0 Å². The Labute approximate surface area is 107 Å². The van der Waals surface area contributed by atoms with Gasteiger partial charge in [0.1, 0.15) is 0 Å². The molecule has 4 unspecified atom stereocenters. The Bertz CT molecular complexity index is 275. The molecule has 0 radical (unpaired) electrons. The normalized spacial score (nSPS) is 32.5. The number of nitrogens with one attached hydrogen (secondary N) is 2. The van der Waals surface area contributed by atoms with E-state index in [1.165, 1.54) is 0 Å². The Morgan fingerprint density at radius 1 is 1.53 bits per heavy atom. The first-order valence-corrected chi connectivity index (χ1v) is 7.83. The summed E-state index contributed by atoms with van der Waals surface area (Å²) in [7, 11) is 0. The molecule has 0 aliphatic carbocycles. The number of urea groups is 1. The third-order valence-electron chi connectivity index (χ3n) is 3.62. The van der Waals surface area contributed by atoms with Crippen LogP contribution in [0.5, 0.6) is 0 Å². The first-order valence-electron chi connectivity index (χ1n) is 6.44. The predicted molar refractivity (Wildman–Crippen MR) is 70.4 cm³/mol. The lowest BCUT2D eigenvalue weighted by Gasteiger charge is -2.22. The Morgan fingerprint density at radius 3 is 2.88 bits per heavy atom. The number of ether oxygens (including phenoxy) is 1. The van der Waals surface area contributed by atoms with Gasteiger partial charge in [0.05, 0.1) is 18.2 Å². The lowest BCUT2D eigenvalue weighted by molar-refractivity contribution is 0.0980. The van der Waals surface area contributed by atoms with Gasteiger partial charge in [0.15, 0.2) is 0 Å². The summed E-state index contributed by atoms with van der Waals surface area (Å²) >= 11 is 1.76. The van der Waals surface area contributed by atoms with Crippen LogP contribution >= 0.6 is 11.8 Å².